The van der Waals surface area contributed by atoms with Crippen LogP contribution in [0.2, 0.25) is 0 Å². The number of carbonyl (C=O) groups is 1. The van der Waals surface area contributed by atoms with Gasteiger partial charge in [-0.2, -0.15) is 0 Å². The predicted octanol–water partition coefficient (Wildman–Crippen LogP) is 6.51. The van der Waals surface area contributed by atoms with Crippen molar-refractivity contribution in [3.8, 4) is 11.1 Å². The van der Waals surface area contributed by atoms with Crippen LogP contribution in [0.3, 0.4) is 0 Å². The molecular weight excluding hydrogens is 378 g/mol. The van der Waals surface area contributed by atoms with E-state index in [2.05, 4.69) is 10.3 Å². The van der Waals surface area contributed by atoms with E-state index >= 15 is 0 Å². The lowest BCUT2D eigenvalue weighted by Gasteiger charge is -2.12. The summed E-state index contributed by atoms with van der Waals surface area (Å²) in [6.45, 7) is 7.72. The zero-order valence-electron chi connectivity index (χ0n) is 16.5. The monoisotopic (exact) mass is 400 g/mol. The van der Waals surface area contributed by atoms with Gasteiger partial charge in [-0.25, -0.2) is 13.8 Å². The van der Waals surface area contributed by atoms with Gasteiger partial charge in [-0.05, 0) is 61.4 Å². The average molecular weight is 400 g/mol. The van der Waals surface area contributed by atoms with E-state index in [1.165, 1.54) is 6.07 Å². The predicted molar refractivity (Wildman–Crippen MR) is 109 cm³/mol. The second-order valence-corrected chi connectivity index (χ2v) is 6.16. The Kier molecular flexibility index (Phi) is 5.77. The number of carbonyl (C=O) groups excluding carboxylic acids is 1. The van der Waals surface area contributed by atoms with Gasteiger partial charge in [-0.3, -0.25) is 13.9 Å². The van der Waals surface area contributed by atoms with Gasteiger partial charge in [0.25, 0.3) is 5.91 Å². The molecule has 152 valence electrons. The maximum Gasteiger partial charge on any atom is 0.262 e. The standard InChI is InChI=1S/C20H14F2N2O3.C2H6.H2/c1-10-8-16-17(27-26-16)9-13(10)12-6-7-18(23-11(12)2)24-20(25)19-14(21)4-3-5-15(19)22;1-2;/h3-9H,1-2H3,(H,23,24,25);1-2H3;1H. The molecule has 0 radical (unpaired) electrons. The van der Waals surface area contributed by atoms with Gasteiger partial charge in [0.15, 0.2) is 0 Å². The largest absolute Gasteiger partial charge is 0.306 e. The average Bonchev–Trinajstić information content (AvgIpc) is 2.67. The third kappa shape index (κ3) is 3.89. The first kappa shape index (κ1) is 20.3. The fourth-order valence-corrected chi connectivity index (χ4v) is 2.95. The molecule has 1 N–H and O–H groups in total. The number of aryl methyl sites for hydroxylation is 2. The van der Waals surface area contributed by atoms with Crippen LogP contribution in [0.4, 0.5) is 14.6 Å². The smallest absolute Gasteiger partial charge is 0.262 e. The Morgan fingerprint density at radius 1 is 0.966 bits per heavy atom. The van der Waals surface area contributed by atoms with Gasteiger partial charge in [-0.1, -0.05) is 19.9 Å². The van der Waals surface area contributed by atoms with Crippen LogP contribution in [0, 0.1) is 25.5 Å². The maximum absolute atomic E-state index is 13.7. The molecule has 0 aliphatic rings. The van der Waals surface area contributed by atoms with Gasteiger partial charge in [0, 0.05) is 12.7 Å². The minimum Gasteiger partial charge on any atom is -0.306 e. The number of anilines is 1. The van der Waals surface area contributed by atoms with E-state index in [1.54, 1.807) is 19.1 Å². The molecule has 5 nitrogen and oxygen atoms in total. The summed E-state index contributed by atoms with van der Waals surface area (Å²) in [6.07, 6.45) is 0. The Hall–Kier alpha value is -3.48. The van der Waals surface area contributed by atoms with Gasteiger partial charge < -0.3 is 5.32 Å². The van der Waals surface area contributed by atoms with Crippen LogP contribution in [-0.4, -0.2) is 10.9 Å². The molecule has 4 aromatic rings. The lowest BCUT2D eigenvalue weighted by Crippen LogP contribution is -2.16. The van der Waals surface area contributed by atoms with Crippen LogP contribution in [-0.2, 0) is 0 Å². The van der Waals surface area contributed by atoms with E-state index in [0.29, 0.717) is 16.9 Å². The summed E-state index contributed by atoms with van der Waals surface area (Å²) in [7, 11) is 0. The number of benzene rings is 2. The topological polar surface area (TPSA) is 68.3 Å². The zero-order valence-corrected chi connectivity index (χ0v) is 16.5. The number of amides is 1. The van der Waals surface area contributed by atoms with Crippen molar-refractivity contribution >= 4 is 22.9 Å². The number of nitrogens with one attached hydrogen (secondary N) is 1. The minimum atomic E-state index is -0.930. The molecule has 4 rings (SSSR count). The lowest BCUT2D eigenvalue weighted by molar-refractivity contribution is 0.0589. The molecule has 0 saturated carbocycles. The first-order valence-electron chi connectivity index (χ1n) is 9.16. The normalized spacial score (nSPS) is 10.6. The Morgan fingerprint density at radius 2 is 1.59 bits per heavy atom. The van der Waals surface area contributed by atoms with Crippen molar-refractivity contribution in [3.05, 3.63) is 70.9 Å². The summed E-state index contributed by atoms with van der Waals surface area (Å²) in [5.41, 5.74) is 4.06. The number of fused-ring (bicyclic) bond motifs is 1. The van der Waals surface area contributed by atoms with Gasteiger partial charge >= 0.3 is 0 Å². The van der Waals surface area contributed by atoms with E-state index in [0.717, 1.165) is 28.8 Å². The molecule has 0 spiro atoms. The van der Waals surface area contributed by atoms with Crippen LogP contribution in [0.25, 0.3) is 22.3 Å². The van der Waals surface area contributed by atoms with Crippen molar-refractivity contribution in [2.45, 2.75) is 27.7 Å². The van der Waals surface area contributed by atoms with Gasteiger partial charge in [0.1, 0.15) is 23.0 Å². The Labute approximate surface area is 167 Å². The summed E-state index contributed by atoms with van der Waals surface area (Å²) in [6, 6.07) is 10.3. The molecule has 7 heteroatoms. The molecule has 0 atom stereocenters. The number of halogens is 2. The number of aromatic nitrogens is 1. The molecule has 0 bridgehead atoms. The SMILES string of the molecule is CC.Cc1cc2ooc2cc1-c1ccc(NC(=O)c2c(F)cccc2F)nc1C.[HH]. The molecule has 1 amide bonds. The van der Waals surface area contributed by atoms with E-state index < -0.39 is 23.1 Å². The van der Waals surface area contributed by atoms with Gasteiger partial charge in [0.05, 0.1) is 0 Å². The second-order valence-electron chi connectivity index (χ2n) is 6.16. The van der Waals surface area contributed by atoms with Gasteiger partial charge in [0.2, 0.25) is 11.2 Å². The lowest BCUT2D eigenvalue weighted by atomic mass is 9.99. The van der Waals surface area contributed by atoms with Crippen LogP contribution in [0.5, 0.6) is 0 Å². The number of nitrogens with zero attached hydrogens (tertiary/aromatic N) is 1. The highest BCUT2D eigenvalue weighted by molar-refractivity contribution is 6.04. The molecule has 0 aliphatic carbocycles. The highest BCUT2D eigenvalue weighted by Crippen LogP contribution is 2.32. The van der Waals surface area contributed by atoms with Crippen molar-refractivity contribution in [2.75, 3.05) is 5.32 Å². The molecular formula is C22H22F2N2O3. The molecule has 0 unspecified atom stereocenters. The third-order valence-corrected chi connectivity index (χ3v) is 4.32. The summed E-state index contributed by atoms with van der Waals surface area (Å²) in [5, 5.41) is 2.43. The van der Waals surface area contributed by atoms with Crippen LogP contribution >= 0.6 is 0 Å². The Balaban J connectivity index is 0.00000104. The maximum atomic E-state index is 13.7. The van der Waals surface area contributed by atoms with Crippen LogP contribution in [0.15, 0.2) is 51.6 Å². The fraction of sp³-hybridized carbons (Fsp3) is 0.182. The summed E-state index contributed by atoms with van der Waals surface area (Å²) in [5.74, 6) is -2.56. The summed E-state index contributed by atoms with van der Waals surface area (Å²) >= 11 is 0. The van der Waals surface area contributed by atoms with Crippen molar-refractivity contribution in [2.24, 2.45) is 0 Å². The van der Waals surface area contributed by atoms with Crippen molar-refractivity contribution in [3.63, 3.8) is 0 Å². The first-order chi connectivity index (χ1) is 13.9. The number of rotatable bonds is 3. The molecule has 0 aliphatic heterocycles. The molecule has 0 fully saturated rings. The zero-order chi connectivity index (χ0) is 21.1. The summed E-state index contributed by atoms with van der Waals surface area (Å²) < 4.78 is 37.3. The molecule has 2 heterocycles. The number of hydrogen-bond acceptors (Lipinski definition) is 4. The van der Waals surface area contributed by atoms with Crippen LogP contribution < -0.4 is 5.32 Å². The quantitative estimate of drug-likeness (QED) is 0.398. The van der Waals surface area contributed by atoms with E-state index in [9.17, 15) is 13.6 Å². The van der Waals surface area contributed by atoms with Crippen LogP contribution in [0.1, 0.15) is 36.9 Å². The first-order valence-corrected chi connectivity index (χ1v) is 9.16. The van der Waals surface area contributed by atoms with E-state index in [4.69, 9.17) is 9.15 Å². The van der Waals surface area contributed by atoms with Crippen molar-refractivity contribution < 1.29 is 24.2 Å². The van der Waals surface area contributed by atoms with Gasteiger partial charge in [-0.15, -0.1) is 0 Å². The van der Waals surface area contributed by atoms with Crippen molar-refractivity contribution in [1.82, 2.24) is 4.98 Å². The number of hydrogen-bond donors (Lipinski definition) is 1. The molecule has 2 aromatic heterocycles. The minimum absolute atomic E-state index is 0. The fourth-order valence-electron chi connectivity index (χ4n) is 2.95. The highest BCUT2D eigenvalue weighted by Gasteiger charge is 2.18. The summed E-state index contributed by atoms with van der Waals surface area (Å²) in [4.78, 5) is 16.5. The Bertz CT molecular complexity index is 1160. The third-order valence-electron chi connectivity index (χ3n) is 4.32. The van der Waals surface area contributed by atoms with Crippen molar-refractivity contribution in [1.29, 1.82) is 0 Å². The highest BCUT2D eigenvalue weighted by atomic mass is 19.1. The Morgan fingerprint density at radius 3 is 2.17 bits per heavy atom. The van der Waals surface area contributed by atoms with E-state index in [1.807, 2.05) is 32.9 Å². The molecule has 0 saturated heterocycles. The number of pyridine rings is 1. The molecule has 29 heavy (non-hydrogen) atoms. The molecule has 2 aromatic carbocycles. The van der Waals surface area contributed by atoms with E-state index in [-0.39, 0.29) is 7.24 Å². The second kappa shape index (κ2) is 8.26.